The van der Waals surface area contributed by atoms with Gasteiger partial charge in [-0.2, -0.15) is 13.2 Å². The topological polar surface area (TPSA) is 65.0 Å². The molecular formula is C20H15F3O5. The van der Waals surface area contributed by atoms with E-state index in [0.717, 1.165) is 25.0 Å². The zero-order valence-corrected chi connectivity index (χ0v) is 14.5. The van der Waals surface area contributed by atoms with Gasteiger partial charge in [0.25, 0.3) is 0 Å². The van der Waals surface area contributed by atoms with E-state index in [0.29, 0.717) is 23.5 Å². The molecule has 0 bridgehead atoms. The van der Waals surface area contributed by atoms with Crippen molar-refractivity contribution < 1.29 is 37.3 Å². The third-order valence-corrected chi connectivity index (χ3v) is 5.30. The molecule has 28 heavy (non-hydrogen) atoms. The number of ether oxygens (including phenoxy) is 3. The lowest BCUT2D eigenvalue weighted by Crippen LogP contribution is -2.21. The van der Waals surface area contributed by atoms with Crippen molar-refractivity contribution >= 4 is 5.97 Å². The van der Waals surface area contributed by atoms with Crippen LogP contribution in [-0.4, -0.2) is 23.3 Å². The SMILES string of the molecule is O=C(O)C12CC1Oc1cc(Oc3ccc(C(F)(F)F)cc3OC3CC3)ccc12. The minimum Gasteiger partial charge on any atom is -0.488 e. The van der Waals surface area contributed by atoms with E-state index in [4.69, 9.17) is 14.2 Å². The molecule has 2 aromatic carbocycles. The summed E-state index contributed by atoms with van der Waals surface area (Å²) in [6.07, 6.45) is -2.93. The lowest BCUT2D eigenvalue weighted by Gasteiger charge is -2.16. The van der Waals surface area contributed by atoms with Gasteiger partial charge in [0.05, 0.1) is 11.7 Å². The Balaban J connectivity index is 1.44. The molecule has 0 radical (unpaired) electrons. The van der Waals surface area contributed by atoms with Crippen molar-refractivity contribution in [1.82, 2.24) is 0 Å². The molecule has 2 aromatic rings. The molecule has 2 aliphatic carbocycles. The number of fused-ring (bicyclic) bond motifs is 3. The fourth-order valence-electron chi connectivity index (χ4n) is 3.54. The zero-order valence-electron chi connectivity index (χ0n) is 14.5. The van der Waals surface area contributed by atoms with Crippen LogP contribution in [0.1, 0.15) is 30.4 Å². The number of carboxylic acid groups (broad SMARTS) is 1. The largest absolute Gasteiger partial charge is 0.488 e. The minimum absolute atomic E-state index is 0.0311. The Labute approximate surface area is 157 Å². The molecule has 2 unspecified atom stereocenters. The van der Waals surface area contributed by atoms with E-state index in [1.165, 1.54) is 6.07 Å². The molecule has 1 heterocycles. The van der Waals surface area contributed by atoms with Crippen LogP contribution in [0.5, 0.6) is 23.0 Å². The lowest BCUT2D eigenvalue weighted by atomic mass is 9.96. The smallest absolute Gasteiger partial charge is 0.416 e. The predicted molar refractivity (Wildman–Crippen MR) is 90.0 cm³/mol. The van der Waals surface area contributed by atoms with Gasteiger partial charge in [-0.25, -0.2) is 0 Å². The molecule has 5 rings (SSSR count). The van der Waals surface area contributed by atoms with Crippen molar-refractivity contribution in [3.63, 3.8) is 0 Å². The van der Waals surface area contributed by atoms with Crippen molar-refractivity contribution in [3.8, 4) is 23.0 Å². The molecule has 0 aromatic heterocycles. The second kappa shape index (κ2) is 5.56. The number of halogens is 3. The van der Waals surface area contributed by atoms with Gasteiger partial charge in [-0.05, 0) is 37.1 Å². The number of alkyl halides is 3. The molecule has 0 spiro atoms. The van der Waals surface area contributed by atoms with Gasteiger partial charge in [-0.3, -0.25) is 4.79 Å². The highest BCUT2D eigenvalue weighted by atomic mass is 19.4. The normalized spacial score (nSPS) is 24.8. The zero-order chi connectivity index (χ0) is 19.7. The van der Waals surface area contributed by atoms with Crippen LogP contribution in [0.4, 0.5) is 13.2 Å². The van der Waals surface area contributed by atoms with E-state index in [2.05, 4.69) is 0 Å². The van der Waals surface area contributed by atoms with Gasteiger partial charge in [0.15, 0.2) is 11.5 Å². The summed E-state index contributed by atoms with van der Waals surface area (Å²) < 4.78 is 56.0. The highest BCUT2D eigenvalue weighted by Gasteiger charge is 2.69. The number of aliphatic carboxylic acids is 1. The van der Waals surface area contributed by atoms with Gasteiger partial charge in [0.1, 0.15) is 23.0 Å². The van der Waals surface area contributed by atoms with E-state index in [1.54, 1.807) is 18.2 Å². The third kappa shape index (κ3) is 2.66. The van der Waals surface area contributed by atoms with Gasteiger partial charge >= 0.3 is 12.1 Å². The van der Waals surface area contributed by atoms with E-state index >= 15 is 0 Å². The molecule has 2 fully saturated rings. The monoisotopic (exact) mass is 392 g/mol. The Morgan fingerprint density at radius 3 is 2.61 bits per heavy atom. The number of carbonyl (C=O) groups is 1. The van der Waals surface area contributed by atoms with E-state index in [9.17, 15) is 23.1 Å². The number of hydrogen-bond acceptors (Lipinski definition) is 4. The molecule has 2 saturated carbocycles. The third-order valence-electron chi connectivity index (χ3n) is 5.30. The van der Waals surface area contributed by atoms with Crippen LogP contribution in [0, 0.1) is 0 Å². The summed E-state index contributed by atoms with van der Waals surface area (Å²) in [5, 5.41) is 9.46. The second-order valence-corrected chi connectivity index (χ2v) is 7.32. The Morgan fingerprint density at radius 2 is 1.93 bits per heavy atom. The Kier molecular flexibility index (Phi) is 3.42. The number of rotatable bonds is 5. The molecule has 1 aliphatic heterocycles. The van der Waals surface area contributed by atoms with Crippen LogP contribution in [-0.2, 0) is 16.4 Å². The van der Waals surface area contributed by atoms with Gasteiger partial charge in [-0.1, -0.05) is 6.07 Å². The summed E-state index contributed by atoms with van der Waals surface area (Å²) in [4.78, 5) is 11.6. The molecule has 5 nitrogen and oxygen atoms in total. The first-order valence-corrected chi connectivity index (χ1v) is 8.88. The van der Waals surface area contributed by atoms with Crippen LogP contribution >= 0.6 is 0 Å². The fourth-order valence-corrected chi connectivity index (χ4v) is 3.54. The molecule has 0 amide bonds. The van der Waals surface area contributed by atoms with Crippen molar-refractivity contribution in [2.45, 2.75) is 43.1 Å². The standard InChI is InChI=1S/C20H15F3O5/c21-20(22,23)10-1-6-14(16(7-10)26-11-2-3-11)27-12-4-5-13-15(8-12)28-17-9-19(13,17)18(24)25/h1,4-8,11,17H,2-3,9H2,(H,24,25). The average molecular weight is 392 g/mol. The van der Waals surface area contributed by atoms with Gasteiger partial charge in [-0.15, -0.1) is 0 Å². The van der Waals surface area contributed by atoms with E-state index in [1.807, 2.05) is 0 Å². The van der Waals surface area contributed by atoms with E-state index < -0.39 is 23.1 Å². The predicted octanol–water partition coefficient (Wildman–Crippen LogP) is 4.53. The van der Waals surface area contributed by atoms with Crippen molar-refractivity contribution in [1.29, 1.82) is 0 Å². The first kappa shape index (κ1) is 17.2. The van der Waals surface area contributed by atoms with E-state index in [-0.39, 0.29) is 23.7 Å². The van der Waals surface area contributed by atoms with Crippen molar-refractivity contribution in [2.24, 2.45) is 0 Å². The molecule has 2 atom stereocenters. The molecule has 1 N–H and O–H groups in total. The summed E-state index contributed by atoms with van der Waals surface area (Å²) in [6.45, 7) is 0. The second-order valence-electron chi connectivity index (χ2n) is 7.32. The summed E-state index contributed by atoms with van der Waals surface area (Å²) in [5.74, 6) is 0.0287. The van der Waals surface area contributed by atoms with Crippen molar-refractivity contribution in [3.05, 3.63) is 47.5 Å². The molecule has 8 heteroatoms. The van der Waals surface area contributed by atoms with Gasteiger partial charge in [0, 0.05) is 18.1 Å². The highest BCUT2D eigenvalue weighted by molar-refractivity contribution is 5.89. The average Bonchev–Trinajstić information content (AvgIpc) is 3.54. The van der Waals surface area contributed by atoms with Crippen LogP contribution in [0.2, 0.25) is 0 Å². The maximum Gasteiger partial charge on any atom is 0.416 e. The maximum absolute atomic E-state index is 13.0. The van der Waals surface area contributed by atoms with Crippen LogP contribution in [0.3, 0.4) is 0 Å². The van der Waals surface area contributed by atoms with Crippen molar-refractivity contribution in [2.75, 3.05) is 0 Å². The van der Waals surface area contributed by atoms with Gasteiger partial charge < -0.3 is 19.3 Å². The van der Waals surface area contributed by atoms with Crippen LogP contribution < -0.4 is 14.2 Å². The molecule has 3 aliphatic rings. The number of benzene rings is 2. The van der Waals surface area contributed by atoms with Crippen LogP contribution in [0.25, 0.3) is 0 Å². The number of carboxylic acids is 1. The Morgan fingerprint density at radius 1 is 1.14 bits per heavy atom. The first-order chi connectivity index (χ1) is 13.3. The first-order valence-electron chi connectivity index (χ1n) is 8.88. The summed E-state index contributed by atoms with van der Waals surface area (Å²) >= 11 is 0. The van der Waals surface area contributed by atoms with Gasteiger partial charge in [0.2, 0.25) is 0 Å². The molecule has 0 saturated heterocycles. The highest BCUT2D eigenvalue weighted by Crippen LogP contribution is 2.59. The summed E-state index contributed by atoms with van der Waals surface area (Å²) in [5.41, 5.74) is -1.20. The maximum atomic E-state index is 13.0. The minimum atomic E-state index is -4.48. The summed E-state index contributed by atoms with van der Waals surface area (Å²) in [6, 6.07) is 7.89. The molecule has 146 valence electrons. The van der Waals surface area contributed by atoms with Crippen LogP contribution in [0.15, 0.2) is 36.4 Å². The lowest BCUT2D eigenvalue weighted by molar-refractivity contribution is -0.140. The fraction of sp³-hybridized carbons (Fsp3) is 0.350. The quantitative estimate of drug-likeness (QED) is 0.810. The Hall–Kier alpha value is -2.90. The Bertz CT molecular complexity index is 982. The number of hydrogen-bond donors (Lipinski definition) is 1. The molecular weight excluding hydrogens is 377 g/mol. The summed E-state index contributed by atoms with van der Waals surface area (Å²) in [7, 11) is 0.